The second-order valence-corrected chi connectivity index (χ2v) is 9.86. The first kappa shape index (κ1) is 24.8. The van der Waals surface area contributed by atoms with Crippen LogP contribution in [-0.2, 0) is 4.74 Å². The van der Waals surface area contributed by atoms with Crippen molar-refractivity contribution in [3.63, 3.8) is 0 Å². The molecule has 2 saturated heterocycles. The van der Waals surface area contributed by atoms with E-state index in [1.807, 2.05) is 24.3 Å². The number of aromatic nitrogens is 2. The molecule has 2 aliphatic rings. The maximum Gasteiger partial charge on any atom is 0.407 e. The summed E-state index contributed by atoms with van der Waals surface area (Å²) in [5, 5.41) is 20.0. The van der Waals surface area contributed by atoms with E-state index < -0.39 is 6.09 Å². The smallest absolute Gasteiger partial charge is 0.407 e. The molecule has 2 fully saturated rings. The van der Waals surface area contributed by atoms with E-state index in [1.54, 1.807) is 6.20 Å². The van der Waals surface area contributed by atoms with Crippen LogP contribution in [0.25, 0.3) is 33.4 Å². The molecule has 0 bridgehead atoms. The maximum atomic E-state index is 11.2. The molecule has 9 nitrogen and oxygen atoms in total. The van der Waals surface area contributed by atoms with Gasteiger partial charge in [0.1, 0.15) is 23.6 Å². The van der Waals surface area contributed by atoms with Gasteiger partial charge < -0.3 is 29.4 Å². The SMILES string of the molecule is N#Cc1cc(-c2ccnc3[nH]c(-c4ccc(N5CCOCC5)cc4)cc23)ccc1OC1CCN(C(=O)O)CC1. The molecule has 0 aliphatic carbocycles. The lowest BCUT2D eigenvalue weighted by Crippen LogP contribution is -2.41. The van der Waals surface area contributed by atoms with E-state index in [-0.39, 0.29) is 6.10 Å². The number of carboxylic acid groups (broad SMARTS) is 1. The molecule has 2 aromatic carbocycles. The fourth-order valence-corrected chi connectivity index (χ4v) is 5.34. The number of nitriles is 1. The molecule has 0 unspecified atom stereocenters. The number of fused-ring (bicyclic) bond motifs is 1. The van der Waals surface area contributed by atoms with Gasteiger partial charge in [-0.05, 0) is 53.1 Å². The van der Waals surface area contributed by atoms with Gasteiger partial charge in [0.25, 0.3) is 0 Å². The van der Waals surface area contributed by atoms with Gasteiger partial charge >= 0.3 is 6.09 Å². The van der Waals surface area contributed by atoms with Crippen molar-refractivity contribution in [3.8, 4) is 34.2 Å². The third-order valence-electron chi connectivity index (χ3n) is 7.50. The third kappa shape index (κ3) is 5.11. The van der Waals surface area contributed by atoms with E-state index in [9.17, 15) is 10.1 Å². The summed E-state index contributed by atoms with van der Waals surface area (Å²) in [5.74, 6) is 0.524. The van der Waals surface area contributed by atoms with Gasteiger partial charge in [-0.2, -0.15) is 5.26 Å². The number of benzene rings is 2. The van der Waals surface area contributed by atoms with Gasteiger partial charge in [0, 0.05) is 62.0 Å². The molecule has 4 heterocycles. The van der Waals surface area contributed by atoms with Gasteiger partial charge in [0.2, 0.25) is 0 Å². The second kappa shape index (κ2) is 10.7. The van der Waals surface area contributed by atoms with Gasteiger partial charge in [-0.1, -0.05) is 18.2 Å². The summed E-state index contributed by atoms with van der Waals surface area (Å²) >= 11 is 0. The number of pyridine rings is 1. The number of aromatic amines is 1. The number of rotatable bonds is 5. The Morgan fingerprint density at radius 2 is 1.77 bits per heavy atom. The van der Waals surface area contributed by atoms with E-state index in [0.717, 1.165) is 59.7 Å². The number of nitrogens with zero attached hydrogens (tertiary/aromatic N) is 4. The van der Waals surface area contributed by atoms with Crippen LogP contribution in [0.2, 0.25) is 0 Å². The Morgan fingerprint density at radius 3 is 2.49 bits per heavy atom. The van der Waals surface area contributed by atoms with Crippen LogP contribution >= 0.6 is 0 Å². The van der Waals surface area contributed by atoms with Crippen LogP contribution in [0.3, 0.4) is 0 Å². The zero-order valence-corrected chi connectivity index (χ0v) is 21.5. The molecule has 39 heavy (non-hydrogen) atoms. The first-order chi connectivity index (χ1) is 19.1. The zero-order valence-electron chi connectivity index (χ0n) is 21.5. The summed E-state index contributed by atoms with van der Waals surface area (Å²) in [5.41, 5.74) is 6.36. The molecule has 4 aromatic rings. The van der Waals surface area contributed by atoms with Crippen molar-refractivity contribution in [2.24, 2.45) is 0 Å². The van der Waals surface area contributed by atoms with Crippen molar-refractivity contribution in [3.05, 3.63) is 66.4 Å². The first-order valence-electron chi connectivity index (χ1n) is 13.2. The van der Waals surface area contributed by atoms with Crippen LogP contribution in [0.5, 0.6) is 5.75 Å². The summed E-state index contributed by atoms with van der Waals surface area (Å²) in [6.45, 7) is 4.17. The predicted octanol–water partition coefficient (Wildman–Crippen LogP) is 5.13. The topological polar surface area (TPSA) is 115 Å². The number of morpholine rings is 1. The summed E-state index contributed by atoms with van der Waals surface area (Å²) in [7, 11) is 0. The van der Waals surface area contributed by atoms with Crippen molar-refractivity contribution in [1.29, 1.82) is 5.26 Å². The zero-order chi connectivity index (χ0) is 26.8. The highest BCUT2D eigenvalue weighted by molar-refractivity contribution is 5.96. The number of carbonyl (C=O) groups is 1. The lowest BCUT2D eigenvalue weighted by Gasteiger charge is -2.30. The van der Waals surface area contributed by atoms with Gasteiger partial charge in [0.05, 0.1) is 18.8 Å². The Balaban J connectivity index is 1.24. The Bertz CT molecular complexity index is 1530. The summed E-state index contributed by atoms with van der Waals surface area (Å²) < 4.78 is 11.6. The average molecular weight is 524 g/mol. The van der Waals surface area contributed by atoms with E-state index >= 15 is 0 Å². The first-order valence-corrected chi connectivity index (χ1v) is 13.2. The molecule has 9 heteroatoms. The molecular formula is C30H29N5O4. The standard InChI is InChI=1S/C30H29N5O4/c31-19-22-17-21(3-6-28(22)39-24-8-11-35(12-9-24)30(36)37)25-7-10-32-29-26(25)18-27(33-29)20-1-4-23(5-2-20)34-13-15-38-16-14-34/h1-7,10,17-18,24H,8-9,11-16H2,(H,32,33)(H,36,37). The average Bonchev–Trinajstić information content (AvgIpc) is 3.43. The monoisotopic (exact) mass is 523 g/mol. The Kier molecular flexibility index (Phi) is 6.78. The molecule has 198 valence electrons. The number of hydrogen-bond donors (Lipinski definition) is 2. The molecule has 0 saturated carbocycles. The van der Waals surface area contributed by atoms with Crippen LogP contribution in [0.1, 0.15) is 18.4 Å². The van der Waals surface area contributed by atoms with Gasteiger partial charge in [-0.25, -0.2) is 9.78 Å². The fourth-order valence-electron chi connectivity index (χ4n) is 5.34. The van der Waals surface area contributed by atoms with Crippen molar-refractivity contribution >= 4 is 22.8 Å². The van der Waals surface area contributed by atoms with Gasteiger partial charge in [-0.15, -0.1) is 0 Å². The Labute approximate surface area is 226 Å². The normalized spacial score (nSPS) is 16.3. The predicted molar refractivity (Wildman–Crippen MR) is 148 cm³/mol. The molecule has 2 N–H and O–H groups in total. The minimum atomic E-state index is -0.905. The molecular weight excluding hydrogens is 494 g/mol. The minimum Gasteiger partial charge on any atom is -0.489 e. The van der Waals surface area contributed by atoms with E-state index in [4.69, 9.17) is 14.6 Å². The number of hydrogen-bond acceptors (Lipinski definition) is 6. The largest absolute Gasteiger partial charge is 0.489 e. The molecule has 0 radical (unpaired) electrons. The van der Waals surface area contributed by atoms with Crippen molar-refractivity contribution in [2.45, 2.75) is 18.9 Å². The van der Waals surface area contributed by atoms with E-state index in [1.165, 1.54) is 10.6 Å². The van der Waals surface area contributed by atoms with Crippen LogP contribution in [-0.4, -0.2) is 71.6 Å². The van der Waals surface area contributed by atoms with Crippen LogP contribution < -0.4 is 9.64 Å². The highest BCUT2D eigenvalue weighted by Gasteiger charge is 2.24. The number of likely N-dealkylation sites (tertiary alicyclic amines) is 1. The fraction of sp³-hybridized carbons (Fsp3) is 0.300. The number of H-pyrrole nitrogens is 1. The molecule has 1 amide bonds. The highest BCUT2D eigenvalue weighted by atomic mass is 16.5. The minimum absolute atomic E-state index is 0.118. The van der Waals surface area contributed by atoms with Crippen molar-refractivity contribution in [2.75, 3.05) is 44.3 Å². The maximum absolute atomic E-state index is 11.2. The Hall–Kier alpha value is -4.55. The third-order valence-corrected chi connectivity index (χ3v) is 7.50. The molecule has 6 rings (SSSR count). The molecule has 0 atom stereocenters. The molecule has 0 spiro atoms. The van der Waals surface area contributed by atoms with Crippen LogP contribution in [0.4, 0.5) is 10.5 Å². The van der Waals surface area contributed by atoms with Crippen LogP contribution in [0, 0.1) is 11.3 Å². The van der Waals surface area contributed by atoms with E-state index in [2.05, 4.69) is 51.3 Å². The highest BCUT2D eigenvalue weighted by Crippen LogP contribution is 2.34. The number of amides is 1. The lowest BCUT2D eigenvalue weighted by molar-refractivity contribution is 0.0893. The van der Waals surface area contributed by atoms with Gasteiger partial charge in [-0.3, -0.25) is 0 Å². The quantitative estimate of drug-likeness (QED) is 0.373. The summed E-state index contributed by atoms with van der Waals surface area (Å²) in [6, 6.07) is 20.5. The number of piperidine rings is 1. The summed E-state index contributed by atoms with van der Waals surface area (Å²) in [6.07, 6.45) is 1.95. The van der Waals surface area contributed by atoms with Crippen LogP contribution in [0.15, 0.2) is 60.8 Å². The van der Waals surface area contributed by atoms with E-state index in [0.29, 0.717) is 37.2 Å². The Morgan fingerprint density at radius 1 is 1.03 bits per heavy atom. The van der Waals surface area contributed by atoms with Crippen molar-refractivity contribution < 1.29 is 19.4 Å². The number of nitrogens with one attached hydrogen (secondary N) is 1. The number of ether oxygens (including phenoxy) is 2. The number of anilines is 1. The summed E-state index contributed by atoms with van der Waals surface area (Å²) in [4.78, 5) is 22.9. The molecule has 2 aromatic heterocycles. The van der Waals surface area contributed by atoms with Gasteiger partial charge in [0.15, 0.2) is 0 Å². The lowest BCUT2D eigenvalue weighted by atomic mass is 10.0. The second-order valence-electron chi connectivity index (χ2n) is 9.86. The van der Waals surface area contributed by atoms with Crippen molar-refractivity contribution in [1.82, 2.24) is 14.9 Å². The molecule has 2 aliphatic heterocycles.